The molecule has 1 aromatic heterocycles. The van der Waals surface area contributed by atoms with Crippen molar-refractivity contribution in [2.45, 2.75) is 19.6 Å². The van der Waals surface area contributed by atoms with Gasteiger partial charge in [-0.3, -0.25) is 9.78 Å². The average Bonchev–Trinajstić information content (AvgIpc) is 3.38. The van der Waals surface area contributed by atoms with Gasteiger partial charge in [0.2, 0.25) is 5.62 Å². The third-order valence-corrected chi connectivity index (χ3v) is 5.93. The first-order chi connectivity index (χ1) is 17.7. The second kappa shape index (κ2) is 9.60. The van der Waals surface area contributed by atoms with Crippen molar-refractivity contribution < 1.29 is 22.4 Å². The fraction of sp³-hybridized carbons (Fsp3) is 0.240. The van der Waals surface area contributed by atoms with Crippen molar-refractivity contribution in [2.24, 2.45) is 4.99 Å². The highest BCUT2D eigenvalue weighted by atomic mass is 19.4. The molecule has 3 aliphatic rings. The highest BCUT2D eigenvalue weighted by Crippen LogP contribution is 2.39. The normalized spacial score (nSPS) is 13.5. The van der Waals surface area contributed by atoms with Crippen molar-refractivity contribution in [2.75, 3.05) is 30.4 Å². The van der Waals surface area contributed by atoms with Crippen LogP contribution in [0.5, 0.6) is 0 Å². The fourth-order valence-corrected chi connectivity index (χ4v) is 4.20. The van der Waals surface area contributed by atoms with Gasteiger partial charge in [-0.2, -0.15) is 18.2 Å². The maximum atomic E-state index is 13.0. The number of carbonyl (C=O) groups is 1. The molecule has 1 amide bonds. The number of carbonyl (C=O) groups excluding carboxylic acids is 1. The second-order valence-corrected chi connectivity index (χ2v) is 8.42. The monoisotopic (exact) mass is 511 g/mol. The smallest absolute Gasteiger partial charge is 0.369 e. The highest BCUT2D eigenvalue weighted by Gasteiger charge is 2.31. The molecule has 2 aromatic rings. The number of aromatic nitrogens is 4. The Morgan fingerprint density at radius 1 is 1.16 bits per heavy atom. The quantitative estimate of drug-likeness (QED) is 0.389. The number of alkyl halides is 4. The van der Waals surface area contributed by atoms with E-state index < -0.39 is 24.3 Å². The van der Waals surface area contributed by atoms with Crippen LogP contribution in [0.3, 0.4) is 0 Å². The minimum Gasteiger partial charge on any atom is -0.369 e. The third-order valence-electron chi connectivity index (χ3n) is 5.93. The molecule has 5 rings (SSSR count). The molecule has 37 heavy (non-hydrogen) atoms. The lowest BCUT2D eigenvalue weighted by atomic mass is 9.98. The van der Waals surface area contributed by atoms with Crippen molar-refractivity contribution in [3.8, 4) is 22.5 Å². The van der Waals surface area contributed by atoms with Gasteiger partial charge in [0, 0.05) is 42.3 Å². The summed E-state index contributed by atoms with van der Waals surface area (Å²) in [6.07, 6.45) is -1.99. The lowest BCUT2D eigenvalue weighted by Crippen LogP contribution is -2.18. The number of hydrogen-bond donors (Lipinski definition) is 2. The first kappa shape index (κ1) is 24.3. The Labute approximate surface area is 208 Å². The lowest BCUT2D eigenvalue weighted by molar-refractivity contribution is -0.137. The molecule has 0 unspecified atom stereocenters. The number of nitrogens with one attached hydrogen (secondary N) is 2. The van der Waals surface area contributed by atoms with E-state index in [0.717, 1.165) is 46.4 Å². The predicted molar refractivity (Wildman–Crippen MR) is 129 cm³/mol. The summed E-state index contributed by atoms with van der Waals surface area (Å²) in [4.78, 5) is 29.2. The number of amides is 1. The van der Waals surface area contributed by atoms with Crippen LogP contribution in [0.15, 0.2) is 53.8 Å². The van der Waals surface area contributed by atoms with E-state index in [4.69, 9.17) is 0 Å². The molecule has 0 saturated heterocycles. The Morgan fingerprint density at radius 2 is 2.00 bits per heavy atom. The van der Waals surface area contributed by atoms with Crippen LogP contribution in [-0.2, 0) is 12.7 Å². The maximum absolute atomic E-state index is 13.0. The maximum Gasteiger partial charge on any atom is 0.416 e. The van der Waals surface area contributed by atoms with E-state index in [1.807, 2.05) is 23.6 Å². The fourth-order valence-electron chi connectivity index (χ4n) is 4.20. The summed E-state index contributed by atoms with van der Waals surface area (Å²) in [5.41, 5.74) is 2.64. The van der Waals surface area contributed by atoms with Crippen LogP contribution in [-0.4, -0.2) is 45.2 Å². The number of benzene rings is 1. The van der Waals surface area contributed by atoms with Crippen LogP contribution in [0.2, 0.25) is 0 Å². The number of hydrogen-bond acceptors (Lipinski definition) is 6. The van der Waals surface area contributed by atoms with E-state index in [2.05, 4.69) is 30.6 Å². The SMILES string of the molecule is Cc1ccc(NC(=O)c2cc(C(F)(F)F)ccn2)cc1-c1cc2cnc(=NCCF)nc-2n2c1NCC2. The number of halogens is 4. The molecule has 3 aliphatic heterocycles. The third kappa shape index (κ3) is 4.86. The molecule has 0 aliphatic carbocycles. The highest BCUT2D eigenvalue weighted by molar-refractivity contribution is 6.03. The Morgan fingerprint density at radius 3 is 2.78 bits per heavy atom. The molecule has 0 bridgehead atoms. The van der Waals surface area contributed by atoms with E-state index in [1.165, 1.54) is 0 Å². The van der Waals surface area contributed by atoms with Crippen LogP contribution >= 0.6 is 0 Å². The lowest BCUT2D eigenvalue weighted by Gasteiger charge is -2.19. The van der Waals surface area contributed by atoms with Crippen LogP contribution in [0, 0.1) is 6.92 Å². The van der Waals surface area contributed by atoms with Crippen LogP contribution in [0.25, 0.3) is 22.5 Å². The predicted octanol–water partition coefficient (Wildman–Crippen LogP) is 4.32. The second-order valence-electron chi connectivity index (χ2n) is 8.42. The Hall–Kier alpha value is -4.35. The zero-order chi connectivity index (χ0) is 26.2. The summed E-state index contributed by atoms with van der Waals surface area (Å²) in [5, 5.41) is 6.01. The Balaban J connectivity index is 1.52. The molecule has 0 fully saturated rings. The topological polar surface area (TPSA) is 97.1 Å². The van der Waals surface area contributed by atoms with Crippen molar-refractivity contribution in [3.63, 3.8) is 0 Å². The summed E-state index contributed by atoms with van der Waals surface area (Å²) in [5.74, 6) is 0.720. The molecule has 12 heteroatoms. The number of nitrogens with zero attached hydrogens (tertiary/aromatic N) is 5. The Bertz CT molecular complexity index is 1530. The van der Waals surface area contributed by atoms with Crippen LogP contribution < -0.4 is 16.3 Å². The zero-order valence-corrected chi connectivity index (χ0v) is 19.6. The summed E-state index contributed by atoms with van der Waals surface area (Å²) < 4.78 is 53.7. The first-order valence-electron chi connectivity index (χ1n) is 11.4. The van der Waals surface area contributed by atoms with E-state index >= 15 is 0 Å². The van der Waals surface area contributed by atoms with Crippen LogP contribution in [0.1, 0.15) is 21.6 Å². The molecule has 8 nitrogen and oxygen atoms in total. The van der Waals surface area contributed by atoms with Gasteiger partial charge in [-0.1, -0.05) is 6.07 Å². The summed E-state index contributed by atoms with van der Waals surface area (Å²) in [6, 6.07) is 8.70. The van der Waals surface area contributed by atoms with E-state index in [-0.39, 0.29) is 17.9 Å². The van der Waals surface area contributed by atoms with E-state index in [0.29, 0.717) is 24.6 Å². The summed E-state index contributed by atoms with van der Waals surface area (Å²) in [6.45, 7) is 2.63. The molecule has 2 N–H and O–H groups in total. The number of anilines is 2. The first-order valence-corrected chi connectivity index (χ1v) is 11.4. The minimum atomic E-state index is -4.58. The molecule has 4 heterocycles. The molecular formula is C25H21F4N7O. The Kier molecular flexibility index (Phi) is 6.32. The summed E-state index contributed by atoms with van der Waals surface area (Å²) in [7, 11) is 0. The van der Waals surface area contributed by atoms with Gasteiger partial charge in [0.1, 0.15) is 24.0 Å². The van der Waals surface area contributed by atoms with Gasteiger partial charge >= 0.3 is 6.18 Å². The van der Waals surface area contributed by atoms with Gasteiger partial charge in [0.15, 0.2) is 0 Å². The van der Waals surface area contributed by atoms with Crippen molar-refractivity contribution in [1.29, 1.82) is 0 Å². The van der Waals surface area contributed by atoms with Gasteiger partial charge in [-0.05, 0) is 48.4 Å². The van der Waals surface area contributed by atoms with Gasteiger partial charge in [-0.15, -0.1) is 0 Å². The molecule has 0 radical (unpaired) electrons. The largest absolute Gasteiger partial charge is 0.416 e. The molecule has 190 valence electrons. The number of fused-ring (bicyclic) bond motifs is 3. The minimum absolute atomic E-state index is 0.0115. The van der Waals surface area contributed by atoms with Crippen molar-refractivity contribution in [3.05, 3.63) is 71.2 Å². The van der Waals surface area contributed by atoms with Crippen LogP contribution in [0.4, 0.5) is 29.1 Å². The van der Waals surface area contributed by atoms with Gasteiger partial charge in [0.25, 0.3) is 5.91 Å². The number of rotatable bonds is 5. The van der Waals surface area contributed by atoms with Gasteiger partial charge in [-0.25, -0.2) is 14.4 Å². The molecular weight excluding hydrogens is 490 g/mol. The molecule has 0 spiro atoms. The van der Waals surface area contributed by atoms with Gasteiger partial charge in [0.05, 0.1) is 12.1 Å². The number of pyridine rings is 2. The standard InChI is InChI=1S/C25H21F4N7O/c1-14-2-3-17(34-23(37)20-11-16(4-6-30-20)25(27,28)29)12-18(14)19-10-15-13-33-24(32-7-5-26)35-21(15)36-9-8-31-22(19)36/h2-4,6,10-13,31H,5,7-9H2,1H3,(H,34,37). The zero-order valence-electron chi connectivity index (χ0n) is 19.6. The van der Waals surface area contributed by atoms with E-state index in [1.54, 1.807) is 18.3 Å². The molecule has 0 atom stereocenters. The van der Waals surface area contributed by atoms with E-state index in [9.17, 15) is 22.4 Å². The molecule has 1 aromatic carbocycles. The average molecular weight is 511 g/mol. The van der Waals surface area contributed by atoms with Crippen molar-refractivity contribution in [1.82, 2.24) is 19.5 Å². The number of aryl methyl sites for hydroxylation is 1. The molecule has 0 saturated carbocycles. The van der Waals surface area contributed by atoms with Crippen molar-refractivity contribution >= 4 is 17.4 Å². The summed E-state index contributed by atoms with van der Waals surface area (Å²) >= 11 is 0. The van der Waals surface area contributed by atoms with Gasteiger partial charge < -0.3 is 15.2 Å².